The van der Waals surface area contributed by atoms with Crippen molar-refractivity contribution in [3.8, 4) is 0 Å². The Bertz CT molecular complexity index is 1200. The highest BCUT2D eigenvalue weighted by Crippen LogP contribution is 2.34. The molecule has 3 aromatic rings. The molecule has 1 aliphatic rings. The number of anilines is 2. The fourth-order valence-corrected chi connectivity index (χ4v) is 3.96. The summed E-state index contributed by atoms with van der Waals surface area (Å²) in [7, 11) is 0. The van der Waals surface area contributed by atoms with Crippen molar-refractivity contribution < 1.29 is 22.8 Å². The van der Waals surface area contributed by atoms with Gasteiger partial charge in [0.25, 0.3) is 11.8 Å². The lowest BCUT2D eigenvalue weighted by Gasteiger charge is -2.36. The number of aromatic nitrogens is 1. The van der Waals surface area contributed by atoms with E-state index >= 15 is 0 Å². The number of carbonyl (C=O) groups excluding carboxylic acids is 2. The minimum absolute atomic E-state index is 0.0939. The van der Waals surface area contributed by atoms with Gasteiger partial charge >= 0.3 is 6.18 Å². The van der Waals surface area contributed by atoms with E-state index in [-0.39, 0.29) is 22.7 Å². The molecule has 1 N–H and O–H groups in total. The molecule has 2 amide bonds. The molecule has 176 valence electrons. The number of pyridine rings is 1. The summed E-state index contributed by atoms with van der Waals surface area (Å²) in [4.78, 5) is 33.0. The number of nitrogens with one attached hydrogen (secondary N) is 1. The third-order valence-electron chi connectivity index (χ3n) is 5.46. The molecule has 0 unspecified atom stereocenters. The van der Waals surface area contributed by atoms with Gasteiger partial charge in [-0.2, -0.15) is 13.2 Å². The molecule has 2 aromatic carbocycles. The van der Waals surface area contributed by atoms with Crippen molar-refractivity contribution in [1.29, 1.82) is 0 Å². The predicted molar refractivity (Wildman–Crippen MR) is 123 cm³/mol. The van der Waals surface area contributed by atoms with Crippen LogP contribution in [-0.4, -0.2) is 47.9 Å². The zero-order valence-corrected chi connectivity index (χ0v) is 18.6. The Hall–Kier alpha value is -3.59. The monoisotopic (exact) mass is 488 g/mol. The summed E-state index contributed by atoms with van der Waals surface area (Å²) < 4.78 is 38.6. The molecular weight excluding hydrogens is 469 g/mol. The van der Waals surface area contributed by atoms with Crippen molar-refractivity contribution in [2.24, 2.45) is 0 Å². The van der Waals surface area contributed by atoms with Gasteiger partial charge in [-0.25, -0.2) is 4.98 Å². The zero-order chi connectivity index (χ0) is 24.3. The number of piperazine rings is 1. The highest BCUT2D eigenvalue weighted by atomic mass is 35.5. The standard InChI is InChI=1S/C24H20ClF3N4O2/c25-19-14-17(24(26,27)28)15-29-21(19)31-10-12-32(13-11-31)23(34)18-8-4-5-9-20(18)30-22(33)16-6-2-1-3-7-16/h1-9,14-15H,10-13H2,(H,30,33). The molecule has 0 aliphatic carbocycles. The summed E-state index contributed by atoms with van der Waals surface area (Å²) in [6.07, 6.45) is -3.77. The molecule has 0 spiro atoms. The number of hydrogen-bond acceptors (Lipinski definition) is 4. The van der Waals surface area contributed by atoms with Crippen molar-refractivity contribution in [1.82, 2.24) is 9.88 Å². The second-order valence-electron chi connectivity index (χ2n) is 7.67. The number of carbonyl (C=O) groups is 2. The largest absolute Gasteiger partial charge is 0.417 e. The first-order valence-corrected chi connectivity index (χ1v) is 10.8. The quantitative estimate of drug-likeness (QED) is 0.563. The fourth-order valence-electron chi connectivity index (χ4n) is 3.67. The average Bonchev–Trinajstić information content (AvgIpc) is 2.84. The summed E-state index contributed by atoms with van der Waals surface area (Å²) in [6.45, 7) is 1.34. The molecule has 1 aliphatic heterocycles. The predicted octanol–water partition coefficient (Wildman–Crippen LogP) is 4.97. The molecule has 0 atom stereocenters. The second-order valence-corrected chi connectivity index (χ2v) is 8.08. The number of nitrogens with zero attached hydrogens (tertiary/aromatic N) is 3. The lowest BCUT2D eigenvalue weighted by atomic mass is 10.1. The number of amides is 2. The maximum Gasteiger partial charge on any atom is 0.417 e. The van der Waals surface area contributed by atoms with E-state index in [2.05, 4.69) is 10.3 Å². The lowest BCUT2D eigenvalue weighted by molar-refractivity contribution is -0.137. The number of rotatable bonds is 4. The van der Waals surface area contributed by atoms with E-state index < -0.39 is 11.7 Å². The molecule has 1 saturated heterocycles. The maximum atomic E-state index is 13.2. The van der Waals surface area contributed by atoms with Gasteiger partial charge in [0.05, 0.1) is 21.8 Å². The Morgan fingerprint density at radius 2 is 1.59 bits per heavy atom. The Kier molecular flexibility index (Phi) is 6.74. The van der Waals surface area contributed by atoms with Gasteiger partial charge in [-0.1, -0.05) is 41.9 Å². The molecule has 0 bridgehead atoms. The maximum absolute atomic E-state index is 13.2. The van der Waals surface area contributed by atoms with E-state index in [1.165, 1.54) is 0 Å². The second kappa shape index (κ2) is 9.72. The lowest BCUT2D eigenvalue weighted by Crippen LogP contribution is -2.49. The van der Waals surface area contributed by atoms with Crippen LogP contribution in [0, 0.1) is 0 Å². The van der Waals surface area contributed by atoms with Crippen LogP contribution in [0.25, 0.3) is 0 Å². The van der Waals surface area contributed by atoms with Gasteiger partial charge in [-0.05, 0) is 30.3 Å². The number of halogens is 4. The van der Waals surface area contributed by atoms with Crippen molar-refractivity contribution >= 4 is 34.9 Å². The van der Waals surface area contributed by atoms with Crippen molar-refractivity contribution in [3.05, 3.63) is 88.6 Å². The topological polar surface area (TPSA) is 65.5 Å². The Balaban J connectivity index is 1.44. The smallest absolute Gasteiger partial charge is 0.352 e. The van der Waals surface area contributed by atoms with Gasteiger partial charge in [-0.3, -0.25) is 9.59 Å². The first-order chi connectivity index (χ1) is 16.2. The molecule has 4 rings (SSSR count). The van der Waals surface area contributed by atoms with Crippen LogP contribution in [0.15, 0.2) is 66.9 Å². The average molecular weight is 489 g/mol. The molecule has 0 saturated carbocycles. The van der Waals surface area contributed by atoms with Crippen molar-refractivity contribution in [2.45, 2.75) is 6.18 Å². The van der Waals surface area contributed by atoms with Crippen molar-refractivity contribution in [3.63, 3.8) is 0 Å². The van der Waals surface area contributed by atoms with Gasteiger partial charge in [0.15, 0.2) is 0 Å². The van der Waals surface area contributed by atoms with Crippen LogP contribution < -0.4 is 10.2 Å². The molecular formula is C24H20ClF3N4O2. The molecule has 0 radical (unpaired) electrons. The van der Waals surface area contributed by atoms with E-state index in [0.717, 1.165) is 12.3 Å². The highest BCUT2D eigenvalue weighted by molar-refractivity contribution is 6.33. The molecule has 34 heavy (non-hydrogen) atoms. The summed E-state index contributed by atoms with van der Waals surface area (Å²) in [5.74, 6) is -0.332. The SMILES string of the molecule is O=C(Nc1ccccc1C(=O)N1CCN(c2ncc(C(F)(F)F)cc2Cl)CC1)c1ccccc1. The molecule has 1 fully saturated rings. The van der Waals surface area contributed by atoms with Crippen LogP contribution in [0.3, 0.4) is 0 Å². The van der Waals surface area contributed by atoms with Crippen LogP contribution in [0.4, 0.5) is 24.7 Å². The molecule has 1 aromatic heterocycles. The summed E-state index contributed by atoms with van der Waals surface area (Å²) >= 11 is 6.06. The summed E-state index contributed by atoms with van der Waals surface area (Å²) in [5.41, 5.74) is 0.311. The van der Waals surface area contributed by atoms with Gasteiger partial charge in [-0.15, -0.1) is 0 Å². The summed E-state index contributed by atoms with van der Waals surface area (Å²) in [6, 6.07) is 16.3. The van der Waals surface area contributed by atoms with Gasteiger partial charge in [0.2, 0.25) is 0 Å². The highest BCUT2D eigenvalue weighted by Gasteiger charge is 2.32. The van der Waals surface area contributed by atoms with Crippen LogP contribution in [0.5, 0.6) is 0 Å². The molecule has 10 heteroatoms. The van der Waals surface area contributed by atoms with E-state index in [0.29, 0.717) is 43.0 Å². The minimum Gasteiger partial charge on any atom is -0.352 e. The van der Waals surface area contributed by atoms with Crippen LogP contribution in [0.1, 0.15) is 26.3 Å². The van der Waals surface area contributed by atoms with Crippen molar-refractivity contribution in [2.75, 3.05) is 36.4 Å². The molecule has 6 nitrogen and oxygen atoms in total. The number of benzene rings is 2. The van der Waals surface area contributed by atoms with Crippen LogP contribution in [-0.2, 0) is 6.18 Å². The third kappa shape index (κ3) is 5.14. The first-order valence-electron chi connectivity index (χ1n) is 10.5. The van der Waals surface area contributed by atoms with Gasteiger partial charge in [0, 0.05) is 37.9 Å². The first kappa shape index (κ1) is 23.6. The van der Waals surface area contributed by atoms with Crippen LogP contribution in [0.2, 0.25) is 5.02 Å². The fraction of sp³-hybridized carbons (Fsp3) is 0.208. The van der Waals surface area contributed by atoms with Gasteiger partial charge < -0.3 is 15.1 Å². The number of hydrogen-bond donors (Lipinski definition) is 1. The Morgan fingerprint density at radius 1 is 0.941 bits per heavy atom. The third-order valence-corrected chi connectivity index (χ3v) is 5.74. The van der Waals surface area contributed by atoms with Crippen LogP contribution >= 0.6 is 11.6 Å². The summed E-state index contributed by atoms with van der Waals surface area (Å²) in [5, 5.41) is 2.70. The van der Waals surface area contributed by atoms with E-state index in [1.807, 2.05) is 0 Å². The van der Waals surface area contributed by atoms with E-state index in [4.69, 9.17) is 11.6 Å². The normalized spacial score (nSPS) is 14.1. The van der Waals surface area contributed by atoms with E-state index in [1.54, 1.807) is 64.4 Å². The minimum atomic E-state index is -4.52. The Morgan fingerprint density at radius 3 is 2.24 bits per heavy atom. The number of para-hydroxylation sites is 1. The Labute approximate surface area is 199 Å². The molecule has 2 heterocycles. The zero-order valence-electron chi connectivity index (χ0n) is 17.8. The van der Waals surface area contributed by atoms with Gasteiger partial charge in [0.1, 0.15) is 5.82 Å². The number of alkyl halides is 3. The van der Waals surface area contributed by atoms with E-state index in [9.17, 15) is 22.8 Å².